The van der Waals surface area contributed by atoms with Gasteiger partial charge in [-0.15, -0.1) is 0 Å². The number of furan rings is 1. The van der Waals surface area contributed by atoms with E-state index in [1.54, 1.807) is 13.8 Å². The second kappa shape index (κ2) is 5.45. The maximum atomic E-state index is 12.2. The minimum Gasteiger partial charge on any atom is -0.469 e. The molecule has 2 rings (SSSR count). The van der Waals surface area contributed by atoms with E-state index in [1.165, 1.54) is 18.4 Å². The van der Waals surface area contributed by atoms with Gasteiger partial charge in [-0.3, -0.25) is 4.79 Å². The van der Waals surface area contributed by atoms with E-state index in [0.717, 1.165) is 5.56 Å². The Morgan fingerprint density at radius 1 is 1.16 bits per heavy atom. The molecule has 0 radical (unpaired) electrons. The minimum atomic E-state index is -0.324. The van der Waals surface area contributed by atoms with Crippen molar-refractivity contribution in [2.24, 2.45) is 0 Å². The van der Waals surface area contributed by atoms with Crippen LogP contribution in [0.1, 0.15) is 21.7 Å². The van der Waals surface area contributed by atoms with Gasteiger partial charge in [-0.25, -0.2) is 0 Å². The maximum absolute atomic E-state index is 12.2. The van der Waals surface area contributed by atoms with Crippen molar-refractivity contribution in [2.75, 3.05) is 5.32 Å². The molecule has 1 aromatic carbocycles. The summed E-state index contributed by atoms with van der Waals surface area (Å²) in [7, 11) is 0. The van der Waals surface area contributed by atoms with Crippen molar-refractivity contribution in [1.29, 1.82) is 0 Å². The van der Waals surface area contributed by atoms with E-state index >= 15 is 0 Å². The number of halogens is 3. The van der Waals surface area contributed by atoms with Gasteiger partial charge in [-0.05, 0) is 26.0 Å². The normalized spacial score (nSPS) is 10.6. The Balaban J connectivity index is 2.35. The molecule has 19 heavy (non-hydrogen) atoms. The van der Waals surface area contributed by atoms with Crippen LogP contribution in [-0.4, -0.2) is 5.91 Å². The highest BCUT2D eigenvalue weighted by Gasteiger charge is 2.18. The zero-order chi connectivity index (χ0) is 14.2. The molecule has 100 valence electrons. The molecule has 0 aliphatic carbocycles. The molecule has 0 atom stereocenters. The quantitative estimate of drug-likeness (QED) is 0.836. The summed E-state index contributed by atoms with van der Waals surface area (Å²) in [4.78, 5) is 12.2. The highest BCUT2D eigenvalue weighted by molar-refractivity contribution is 6.42. The lowest BCUT2D eigenvalue weighted by Gasteiger charge is -2.10. The Morgan fingerprint density at radius 3 is 2.21 bits per heavy atom. The molecule has 0 spiro atoms. The number of carbonyl (C=O) groups excluding carboxylic acids is 1. The fourth-order valence-electron chi connectivity index (χ4n) is 1.75. The second-order valence-electron chi connectivity index (χ2n) is 4.05. The highest BCUT2D eigenvalue weighted by Crippen LogP contribution is 2.34. The van der Waals surface area contributed by atoms with Crippen LogP contribution in [0.4, 0.5) is 5.69 Å². The number of amides is 1. The fraction of sp³-hybridized carbons (Fsp3) is 0.154. The van der Waals surface area contributed by atoms with Crippen molar-refractivity contribution in [2.45, 2.75) is 13.8 Å². The molecule has 0 aliphatic rings. The van der Waals surface area contributed by atoms with Gasteiger partial charge in [0.2, 0.25) is 0 Å². The first-order valence-electron chi connectivity index (χ1n) is 5.40. The zero-order valence-electron chi connectivity index (χ0n) is 10.2. The molecule has 0 fully saturated rings. The summed E-state index contributed by atoms with van der Waals surface area (Å²) in [6, 6.07) is 3.03. The van der Waals surface area contributed by atoms with E-state index < -0.39 is 0 Å². The van der Waals surface area contributed by atoms with Crippen molar-refractivity contribution in [1.82, 2.24) is 0 Å². The average molecular weight is 319 g/mol. The van der Waals surface area contributed by atoms with Crippen LogP contribution in [0.15, 0.2) is 22.8 Å². The summed E-state index contributed by atoms with van der Waals surface area (Å²) in [5, 5.41) is 3.64. The van der Waals surface area contributed by atoms with Gasteiger partial charge in [-0.2, -0.15) is 0 Å². The molecule has 0 aliphatic heterocycles. The van der Waals surface area contributed by atoms with Gasteiger partial charge in [0, 0.05) is 10.6 Å². The Kier molecular flexibility index (Phi) is 4.09. The van der Waals surface area contributed by atoms with E-state index in [-0.39, 0.29) is 16.0 Å². The first-order chi connectivity index (χ1) is 8.90. The second-order valence-corrected chi connectivity index (χ2v) is 5.30. The van der Waals surface area contributed by atoms with Crippen molar-refractivity contribution in [3.63, 3.8) is 0 Å². The lowest BCUT2D eigenvalue weighted by Crippen LogP contribution is -2.14. The molecule has 6 heteroatoms. The Morgan fingerprint density at radius 2 is 1.74 bits per heavy atom. The largest absolute Gasteiger partial charge is 0.469 e. The number of rotatable bonds is 2. The first kappa shape index (κ1) is 14.3. The van der Waals surface area contributed by atoms with Crippen molar-refractivity contribution in [3.8, 4) is 0 Å². The van der Waals surface area contributed by atoms with Crippen molar-refractivity contribution < 1.29 is 9.21 Å². The molecule has 0 saturated carbocycles. The standard InChI is InChI=1S/C13H10Cl3NO2/c1-6-5-19-7(2)11(6)13(18)17-12-9(15)3-8(14)4-10(12)16/h3-5H,1-2H3,(H,17,18). The summed E-state index contributed by atoms with van der Waals surface area (Å²) in [5.74, 6) is 0.214. The van der Waals surface area contributed by atoms with E-state index in [9.17, 15) is 4.79 Å². The van der Waals surface area contributed by atoms with Crippen LogP contribution in [0.3, 0.4) is 0 Å². The van der Waals surface area contributed by atoms with Gasteiger partial charge in [-0.1, -0.05) is 34.8 Å². The number of carbonyl (C=O) groups is 1. The van der Waals surface area contributed by atoms with Crippen LogP contribution in [0.5, 0.6) is 0 Å². The number of benzene rings is 1. The molecule has 0 bridgehead atoms. The van der Waals surface area contributed by atoms with Gasteiger partial charge < -0.3 is 9.73 Å². The van der Waals surface area contributed by atoms with Crippen molar-refractivity contribution in [3.05, 3.63) is 50.4 Å². The summed E-state index contributed by atoms with van der Waals surface area (Å²) in [5.41, 5.74) is 1.55. The number of hydrogen-bond donors (Lipinski definition) is 1. The van der Waals surface area contributed by atoms with Gasteiger partial charge in [0.05, 0.1) is 27.6 Å². The average Bonchev–Trinajstić information content (AvgIpc) is 2.63. The first-order valence-corrected chi connectivity index (χ1v) is 6.54. The molecular weight excluding hydrogens is 309 g/mol. The van der Waals surface area contributed by atoms with E-state index in [2.05, 4.69) is 5.32 Å². The summed E-state index contributed by atoms with van der Waals surface area (Å²) in [6.45, 7) is 3.50. The zero-order valence-corrected chi connectivity index (χ0v) is 12.5. The predicted molar refractivity (Wildman–Crippen MR) is 77.6 cm³/mol. The van der Waals surface area contributed by atoms with E-state index in [1.807, 2.05) is 0 Å². The van der Waals surface area contributed by atoms with Crippen LogP contribution in [0.2, 0.25) is 15.1 Å². The molecule has 1 heterocycles. The predicted octanol–water partition coefficient (Wildman–Crippen LogP) is 5.11. The van der Waals surface area contributed by atoms with Crippen LogP contribution >= 0.6 is 34.8 Å². The Bertz CT molecular complexity index is 607. The molecule has 0 unspecified atom stereocenters. The molecule has 1 N–H and O–H groups in total. The number of hydrogen-bond acceptors (Lipinski definition) is 2. The Labute approximate surface area is 125 Å². The summed E-state index contributed by atoms with van der Waals surface area (Å²) < 4.78 is 5.19. The minimum absolute atomic E-state index is 0.282. The number of anilines is 1. The molecule has 1 amide bonds. The van der Waals surface area contributed by atoms with Gasteiger partial charge >= 0.3 is 0 Å². The van der Waals surface area contributed by atoms with Crippen LogP contribution in [-0.2, 0) is 0 Å². The topological polar surface area (TPSA) is 42.2 Å². The van der Waals surface area contributed by atoms with Crippen LogP contribution < -0.4 is 5.32 Å². The van der Waals surface area contributed by atoms with Gasteiger partial charge in [0.1, 0.15) is 5.76 Å². The third kappa shape index (κ3) is 2.89. The van der Waals surface area contributed by atoms with E-state index in [4.69, 9.17) is 39.2 Å². The van der Waals surface area contributed by atoms with Crippen LogP contribution in [0.25, 0.3) is 0 Å². The summed E-state index contributed by atoms with van der Waals surface area (Å²) in [6.07, 6.45) is 1.52. The third-order valence-electron chi connectivity index (χ3n) is 2.63. The third-order valence-corrected chi connectivity index (χ3v) is 3.45. The molecular formula is C13H10Cl3NO2. The van der Waals surface area contributed by atoms with E-state index in [0.29, 0.717) is 22.0 Å². The van der Waals surface area contributed by atoms with Crippen LogP contribution in [0, 0.1) is 13.8 Å². The fourth-order valence-corrected chi connectivity index (χ4v) is 2.66. The molecule has 3 nitrogen and oxygen atoms in total. The number of nitrogens with one attached hydrogen (secondary N) is 1. The highest BCUT2D eigenvalue weighted by atomic mass is 35.5. The molecule has 1 aromatic heterocycles. The van der Waals surface area contributed by atoms with Crippen molar-refractivity contribution >= 4 is 46.4 Å². The molecule has 2 aromatic rings. The summed E-state index contributed by atoms with van der Waals surface area (Å²) >= 11 is 17.8. The molecule has 0 saturated heterocycles. The van der Waals surface area contributed by atoms with Gasteiger partial charge in [0.25, 0.3) is 5.91 Å². The number of aryl methyl sites for hydroxylation is 2. The lowest BCUT2D eigenvalue weighted by atomic mass is 10.1. The maximum Gasteiger partial charge on any atom is 0.259 e. The monoisotopic (exact) mass is 317 g/mol. The smallest absolute Gasteiger partial charge is 0.259 e. The SMILES string of the molecule is Cc1coc(C)c1C(=O)Nc1c(Cl)cc(Cl)cc1Cl. The Hall–Kier alpha value is -1.16. The lowest BCUT2D eigenvalue weighted by molar-refractivity contribution is 0.102. The van der Waals surface area contributed by atoms with Gasteiger partial charge in [0.15, 0.2) is 0 Å².